The highest BCUT2D eigenvalue weighted by molar-refractivity contribution is 7.84. The minimum Gasteiger partial charge on any atom is -0.399 e. The first-order valence-corrected chi connectivity index (χ1v) is 7.04. The maximum absolute atomic E-state index is 13.2. The van der Waals surface area contributed by atoms with Crippen molar-refractivity contribution in [3.8, 4) is 0 Å². The van der Waals surface area contributed by atoms with Gasteiger partial charge in [0.2, 0.25) is 0 Å². The van der Waals surface area contributed by atoms with Crippen molar-refractivity contribution in [1.82, 2.24) is 0 Å². The number of rotatable bonds is 3. The highest BCUT2D eigenvalue weighted by Crippen LogP contribution is 2.20. The molecule has 2 aromatic rings. The van der Waals surface area contributed by atoms with Crippen molar-refractivity contribution >= 4 is 28.1 Å². The van der Waals surface area contributed by atoms with Gasteiger partial charge in [0, 0.05) is 10.6 Å². The summed E-state index contributed by atoms with van der Waals surface area (Å²) in [4.78, 5) is 0.271. The van der Waals surface area contributed by atoms with E-state index < -0.39 is 22.4 Å². The summed E-state index contributed by atoms with van der Waals surface area (Å²) in [6.45, 7) is 0. The first-order chi connectivity index (χ1) is 8.95. The molecule has 1 atom stereocenters. The molecule has 0 saturated heterocycles. The van der Waals surface area contributed by atoms with Crippen molar-refractivity contribution in [2.24, 2.45) is 0 Å². The molecule has 2 N–H and O–H groups in total. The predicted octanol–water partition coefficient (Wildman–Crippen LogP) is 3.51. The molecule has 2 nitrogen and oxygen atoms in total. The molecule has 0 heterocycles. The van der Waals surface area contributed by atoms with Crippen LogP contribution in [0.1, 0.15) is 5.56 Å². The van der Waals surface area contributed by atoms with Crippen LogP contribution in [0.4, 0.5) is 14.5 Å². The highest BCUT2D eigenvalue weighted by atomic mass is 35.5. The number of nitrogen functional groups attached to an aromatic ring is 1. The molecule has 2 aromatic carbocycles. The molecule has 0 aromatic heterocycles. The van der Waals surface area contributed by atoms with Gasteiger partial charge in [-0.05, 0) is 35.9 Å². The summed E-state index contributed by atoms with van der Waals surface area (Å²) >= 11 is 5.56. The van der Waals surface area contributed by atoms with Gasteiger partial charge < -0.3 is 5.73 Å². The minimum absolute atomic E-state index is 0.00420. The van der Waals surface area contributed by atoms with Gasteiger partial charge in [-0.3, -0.25) is 4.21 Å². The molecule has 1 unspecified atom stereocenters. The Morgan fingerprint density at radius 3 is 2.53 bits per heavy atom. The molecule has 0 aliphatic carbocycles. The fraction of sp³-hybridized carbons (Fsp3) is 0.0769. The van der Waals surface area contributed by atoms with Gasteiger partial charge >= 0.3 is 0 Å². The summed E-state index contributed by atoms with van der Waals surface area (Å²) in [7, 11) is -1.50. The number of hydrogen-bond donors (Lipinski definition) is 1. The standard InChI is InChI=1S/C13H10ClF2NOS/c14-12-2-1-8(3-13(12)16)7-19(18)11-5-9(15)4-10(17)6-11/h1-6H,7,17H2. The maximum atomic E-state index is 13.2. The number of halogens is 3. The van der Waals surface area contributed by atoms with E-state index in [-0.39, 0.29) is 21.4 Å². The van der Waals surface area contributed by atoms with Crippen molar-refractivity contribution in [1.29, 1.82) is 0 Å². The Morgan fingerprint density at radius 2 is 1.89 bits per heavy atom. The molecule has 0 radical (unpaired) electrons. The van der Waals surface area contributed by atoms with Crippen LogP contribution < -0.4 is 5.73 Å². The van der Waals surface area contributed by atoms with Gasteiger partial charge in [-0.2, -0.15) is 0 Å². The van der Waals surface area contributed by atoms with E-state index in [1.54, 1.807) is 6.07 Å². The Kier molecular flexibility index (Phi) is 4.17. The third-order valence-corrected chi connectivity index (χ3v) is 4.10. The Morgan fingerprint density at radius 1 is 1.16 bits per heavy atom. The second-order valence-electron chi connectivity index (χ2n) is 3.96. The molecule has 0 spiro atoms. The number of nitrogens with two attached hydrogens (primary N) is 1. The monoisotopic (exact) mass is 301 g/mol. The smallest absolute Gasteiger partial charge is 0.142 e. The van der Waals surface area contributed by atoms with E-state index in [1.165, 1.54) is 18.2 Å². The van der Waals surface area contributed by atoms with Crippen molar-refractivity contribution in [2.45, 2.75) is 10.6 Å². The number of anilines is 1. The SMILES string of the molecule is Nc1cc(F)cc(S(=O)Cc2ccc(Cl)c(F)c2)c1. The molecule has 100 valence electrons. The summed E-state index contributed by atoms with van der Waals surface area (Å²) in [5.41, 5.74) is 6.20. The molecule has 0 fully saturated rings. The lowest BCUT2D eigenvalue weighted by Gasteiger charge is -2.05. The molecule has 0 amide bonds. The lowest BCUT2D eigenvalue weighted by molar-refractivity contribution is 0.622. The zero-order chi connectivity index (χ0) is 14.0. The van der Waals surface area contributed by atoms with Crippen LogP contribution in [0.3, 0.4) is 0 Å². The summed E-state index contributed by atoms with van der Waals surface area (Å²) in [6.07, 6.45) is 0. The van der Waals surface area contributed by atoms with Crippen LogP contribution in [-0.2, 0) is 16.6 Å². The van der Waals surface area contributed by atoms with E-state index in [1.807, 2.05) is 0 Å². The normalized spacial score (nSPS) is 12.4. The van der Waals surface area contributed by atoms with Crippen LogP contribution >= 0.6 is 11.6 Å². The highest BCUT2D eigenvalue weighted by Gasteiger charge is 2.09. The summed E-state index contributed by atoms with van der Waals surface area (Å²) in [6, 6.07) is 7.91. The largest absolute Gasteiger partial charge is 0.399 e. The van der Waals surface area contributed by atoms with Gasteiger partial charge in [-0.1, -0.05) is 17.7 Å². The lowest BCUT2D eigenvalue weighted by atomic mass is 10.2. The van der Waals surface area contributed by atoms with Crippen LogP contribution in [0.15, 0.2) is 41.3 Å². The van der Waals surface area contributed by atoms with Crippen LogP contribution in [0.25, 0.3) is 0 Å². The van der Waals surface area contributed by atoms with Crippen LogP contribution in [0.5, 0.6) is 0 Å². The van der Waals surface area contributed by atoms with E-state index in [9.17, 15) is 13.0 Å². The molecular formula is C13H10ClF2NOS. The first-order valence-electron chi connectivity index (χ1n) is 5.34. The molecule has 0 aliphatic rings. The summed E-state index contributed by atoms with van der Waals surface area (Å²) in [5.74, 6) is -1.06. The lowest BCUT2D eigenvalue weighted by Crippen LogP contribution is -1.99. The average molecular weight is 302 g/mol. The fourth-order valence-electron chi connectivity index (χ4n) is 1.58. The molecule has 19 heavy (non-hydrogen) atoms. The van der Waals surface area contributed by atoms with E-state index in [0.29, 0.717) is 5.56 Å². The molecule has 0 saturated carbocycles. The molecule has 6 heteroatoms. The summed E-state index contributed by atoms with van der Waals surface area (Å²) < 4.78 is 38.4. The van der Waals surface area contributed by atoms with Crippen LogP contribution in [0, 0.1) is 11.6 Å². The van der Waals surface area contributed by atoms with Gasteiger partial charge in [0.05, 0.1) is 21.6 Å². The molecule has 0 bridgehead atoms. The Hall–Kier alpha value is -1.46. The van der Waals surface area contributed by atoms with Gasteiger partial charge in [0.1, 0.15) is 11.6 Å². The molecule has 0 aliphatic heterocycles. The predicted molar refractivity (Wildman–Crippen MR) is 72.3 cm³/mol. The van der Waals surface area contributed by atoms with Crippen molar-refractivity contribution in [2.75, 3.05) is 5.73 Å². The van der Waals surface area contributed by atoms with E-state index in [2.05, 4.69) is 0 Å². The topological polar surface area (TPSA) is 43.1 Å². The van der Waals surface area contributed by atoms with Crippen molar-refractivity contribution in [3.05, 3.63) is 58.6 Å². The van der Waals surface area contributed by atoms with Crippen LogP contribution in [-0.4, -0.2) is 4.21 Å². The number of benzene rings is 2. The fourth-order valence-corrected chi connectivity index (χ4v) is 2.86. The van der Waals surface area contributed by atoms with Crippen LogP contribution in [0.2, 0.25) is 5.02 Å². The molecule has 2 rings (SSSR count). The number of hydrogen-bond acceptors (Lipinski definition) is 2. The first kappa shape index (κ1) is 14.0. The van der Waals surface area contributed by atoms with E-state index in [0.717, 1.165) is 12.1 Å². The second kappa shape index (κ2) is 5.67. The van der Waals surface area contributed by atoms with Gasteiger partial charge in [-0.25, -0.2) is 8.78 Å². The van der Waals surface area contributed by atoms with Crippen molar-refractivity contribution in [3.63, 3.8) is 0 Å². The second-order valence-corrected chi connectivity index (χ2v) is 5.82. The Labute approximate surface area is 116 Å². The third kappa shape index (κ3) is 3.52. The van der Waals surface area contributed by atoms with Crippen molar-refractivity contribution < 1.29 is 13.0 Å². The maximum Gasteiger partial charge on any atom is 0.142 e. The van der Waals surface area contributed by atoms with Gasteiger partial charge in [0.15, 0.2) is 0 Å². The van der Waals surface area contributed by atoms with E-state index >= 15 is 0 Å². The Bertz CT molecular complexity index is 628. The molecular weight excluding hydrogens is 292 g/mol. The Balaban J connectivity index is 2.22. The quantitative estimate of drug-likeness (QED) is 0.882. The minimum atomic E-state index is -1.50. The van der Waals surface area contributed by atoms with E-state index in [4.69, 9.17) is 17.3 Å². The van der Waals surface area contributed by atoms with Gasteiger partial charge in [-0.15, -0.1) is 0 Å². The average Bonchev–Trinajstić information content (AvgIpc) is 2.32. The zero-order valence-electron chi connectivity index (χ0n) is 9.70. The zero-order valence-corrected chi connectivity index (χ0v) is 11.3. The van der Waals surface area contributed by atoms with Gasteiger partial charge in [0.25, 0.3) is 0 Å². The third-order valence-electron chi connectivity index (χ3n) is 2.44. The summed E-state index contributed by atoms with van der Waals surface area (Å²) in [5, 5.41) is 0.00420.